The average Bonchev–Trinajstić information content (AvgIpc) is 1.62. The van der Waals surface area contributed by atoms with Crippen molar-refractivity contribution in [1.29, 1.82) is 0 Å². The zero-order valence-electron chi connectivity index (χ0n) is 9.54. The number of hydrogen-bond acceptors (Lipinski definition) is 16. The fraction of sp³-hybridized carbons (Fsp3) is 0. The summed E-state index contributed by atoms with van der Waals surface area (Å²) in [7, 11) is 0. The summed E-state index contributed by atoms with van der Waals surface area (Å²) in [6.45, 7) is 0. The van der Waals surface area contributed by atoms with Gasteiger partial charge in [-0.1, -0.05) is 0 Å². The molecule has 0 aromatic carbocycles. The van der Waals surface area contributed by atoms with E-state index >= 15 is 0 Å². The molecular weight excluding hydrogens is 655 g/mol. The minimum absolute atomic E-state index is 0. The maximum atomic E-state index is 8.58. The predicted octanol–water partition coefficient (Wildman–Crippen LogP) is -9.19. The molecule has 0 aliphatic rings. The monoisotopic (exact) mass is 655 g/mol. The van der Waals surface area contributed by atoms with E-state index < -0.39 is 51.9 Å². The van der Waals surface area contributed by atoms with Gasteiger partial charge in [-0.15, -0.1) is 0 Å². The van der Waals surface area contributed by atoms with Crippen molar-refractivity contribution in [2.75, 3.05) is 0 Å². The average molecular weight is 655 g/mol. The van der Waals surface area contributed by atoms with E-state index in [1.165, 1.54) is 0 Å². The standard InChI is InChI=1S/Ce.K.4Mn.16O/q+3;+1;;;;;;;;;;;;;;;;;4*-1. The van der Waals surface area contributed by atoms with Crippen molar-refractivity contribution in [1.82, 2.24) is 0 Å². The molecule has 0 spiro atoms. The topological polar surface area (TPSA) is 297 Å². The van der Waals surface area contributed by atoms with Crippen LogP contribution in [-0.4, -0.2) is 0 Å². The van der Waals surface area contributed by atoms with Gasteiger partial charge in [-0.3, -0.25) is 0 Å². The molecule has 0 aliphatic carbocycles. The van der Waals surface area contributed by atoms with Crippen LogP contribution in [0.4, 0.5) is 0 Å². The molecule has 0 aromatic heterocycles. The van der Waals surface area contributed by atoms with Crippen LogP contribution in [0.2, 0.25) is 0 Å². The fourth-order valence-corrected chi connectivity index (χ4v) is 0. The van der Waals surface area contributed by atoms with Crippen LogP contribution in [-0.2, 0) is 97.9 Å². The first-order valence-corrected chi connectivity index (χ1v) is 10.2. The van der Waals surface area contributed by atoms with Crippen LogP contribution in [0.15, 0.2) is 0 Å². The van der Waals surface area contributed by atoms with Gasteiger partial charge in [0.15, 0.2) is 0 Å². The Bertz CT molecular complexity index is 679. The Labute approximate surface area is 203 Å². The van der Waals surface area contributed by atoms with Crippen LogP contribution >= 0.6 is 0 Å². The summed E-state index contributed by atoms with van der Waals surface area (Å²) < 4.78 is 137. The van der Waals surface area contributed by atoms with E-state index in [0.29, 0.717) is 0 Å². The van der Waals surface area contributed by atoms with Crippen molar-refractivity contribution in [2.24, 2.45) is 0 Å². The minimum atomic E-state index is -5.62. The molecule has 22 heavy (non-hydrogen) atoms. The molecule has 0 fully saturated rings. The van der Waals surface area contributed by atoms with Crippen LogP contribution in [0.1, 0.15) is 0 Å². The van der Waals surface area contributed by atoms with Gasteiger partial charge >= 0.3 is 208 Å². The molecule has 0 atom stereocenters. The molecular formula is CeKMn4O16. The van der Waals surface area contributed by atoms with Crippen molar-refractivity contribution in [2.45, 2.75) is 0 Å². The third kappa shape index (κ3) is 1630. The Kier molecular flexibility index (Phi) is 30.5. The van der Waals surface area contributed by atoms with Gasteiger partial charge in [0.2, 0.25) is 0 Å². The second kappa shape index (κ2) is 17.0. The van der Waals surface area contributed by atoms with Crippen molar-refractivity contribution in [3.8, 4) is 0 Å². The SMILES string of the molecule is [Ce+3].[K+].[O]=[Mn](=[O])(=[O])[O-].[O]=[Mn](=[O])(=[O])[O-].[O]=[Mn](=[O])(=[O])[O-].[O]=[Mn](=[O])(=[O])[O-]. The zero-order chi connectivity index (χ0) is 18.0. The van der Waals surface area contributed by atoms with E-state index in [2.05, 4.69) is 0 Å². The molecule has 0 N–H and O–H groups in total. The second-order valence-electron chi connectivity index (χ2n) is 1.51. The summed E-state index contributed by atoms with van der Waals surface area (Å²) >= 11 is -22.5. The fourth-order valence-electron chi connectivity index (χ4n) is 0. The molecule has 1 radical (unpaired) electrons. The predicted molar refractivity (Wildman–Crippen MR) is 8.24 cm³/mol. The maximum absolute atomic E-state index is 8.58. The molecule has 22 heteroatoms. The van der Waals surface area contributed by atoms with Gasteiger partial charge < -0.3 is 0 Å². The van der Waals surface area contributed by atoms with Gasteiger partial charge in [0, 0.05) is 0 Å². The number of rotatable bonds is 0. The summed E-state index contributed by atoms with van der Waals surface area (Å²) in [5.41, 5.74) is 0. The molecule has 0 aromatic rings. The molecule has 16 nitrogen and oxygen atoms in total. The molecule has 0 aliphatic heterocycles. The van der Waals surface area contributed by atoms with Crippen LogP contribution in [0.25, 0.3) is 0 Å². The first-order chi connectivity index (χ1) is 8.00. The van der Waals surface area contributed by atoms with E-state index in [1.54, 1.807) is 0 Å². The van der Waals surface area contributed by atoms with Crippen LogP contribution in [0.3, 0.4) is 0 Å². The molecule has 129 valence electrons. The quantitative estimate of drug-likeness (QED) is 0.219. The first-order valence-electron chi connectivity index (χ1n) is 2.47. The Hall–Kier alpha value is 2.53. The van der Waals surface area contributed by atoms with Gasteiger partial charge in [-0.2, -0.15) is 0 Å². The van der Waals surface area contributed by atoms with E-state index in [0.717, 1.165) is 0 Å². The van der Waals surface area contributed by atoms with Crippen molar-refractivity contribution >= 4 is 0 Å². The third-order valence-electron chi connectivity index (χ3n) is 0. The van der Waals surface area contributed by atoms with Crippen molar-refractivity contribution < 1.29 is 208 Å². The normalized spacial score (nSPS) is 10.4. The molecule has 0 amide bonds. The van der Waals surface area contributed by atoms with Crippen LogP contribution in [0, 0.1) is 41.7 Å². The Morgan fingerprint density at radius 2 is 0.364 bits per heavy atom. The van der Waals surface area contributed by atoms with Gasteiger partial charge in [-0.25, -0.2) is 0 Å². The summed E-state index contributed by atoms with van der Waals surface area (Å²) in [4.78, 5) is 0. The molecule has 0 unspecified atom stereocenters. The summed E-state index contributed by atoms with van der Waals surface area (Å²) in [6, 6.07) is 0. The second-order valence-corrected chi connectivity index (χ2v) is 6.23. The van der Waals surface area contributed by atoms with Crippen molar-refractivity contribution in [3.05, 3.63) is 0 Å². The first kappa shape index (κ1) is 39.6. The zero-order valence-corrected chi connectivity index (χ0v) is 20.5. The van der Waals surface area contributed by atoms with E-state index in [4.69, 9.17) is 62.8 Å². The van der Waals surface area contributed by atoms with Crippen LogP contribution < -0.4 is 68.1 Å². The van der Waals surface area contributed by atoms with Gasteiger partial charge in [0.1, 0.15) is 0 Å². The van der Waals surface area contributed by atoms with Gasteiger partial charge in [0.25, 0.3) is 0 Å². The third-order valence-corrected chi connectivity index (χ3v) is 0. The van der Waals surface area contributed by atoms with E-state index in [9.17, 15) is 0 Å². The summed E-state index contributed by atoms with van der Waals surface area (Å²) in [5, 5.41) is 0. The van der Waals surface area contributed by atoms with Gasteiger partial charge in [0.05, 0.1) is 0 Å². The Morgan fingerprint density at radius 3 is 0.364 bits per heavy atom. The van der Waals surface area contributed by atoms with E-state index in [-0.39, 0.29) is 93.1 Å². The van der Waals surface area contributed by atoms with Crippen molar-refractivity contribution in [3.63, 3.8) is 0 Å². The molecule has 0 heterocycles. The number of hydrogen-bond donors (Lipinski definition) is 0. The molecule has 0 bridgehead atoms. The van der Waals surface area contributed by atoms with Crippen LogP contribution in [0.5, 0.6) is 0 Å². The molecule has 0 saturated carbocycles. The van der Waals surface area contributed by atoms with Gasteiger partial charge in [-0.05, 0) is 0 Å². The Balaban J connectivity index is -0.0000000376. The summed E-state index contributed by atoms with van der Waals surface area (Å²) in [5.74, 6) is 0. The molecule has 0 saturated heterocycles. The molecule has 0 rings (SSSR count). The summed E-state index contributed by atoms with van der Waals surface area (Å²) in [6.07, 6.45) is 0. The van der Waals surface area contributed by atoms with E-state index in [1.807, 2.05) is 0 Å². The Morgan fingerprint density at radius 1 is 0.364 bits per heavy atom.